The van der Waals surface area contributed by atoms with Gasteiger partial charge < -0.3 is 9.88 Å². The topological polar surface area (TPSA) is 79.6 Å². The Labute approximate surface area is 187 Å². The van der Waals surface area contributed by atoms with Crippen LogP contribution in [0.5, 0.6) is 0 Å². The molecule has 164 valence electrons. The smallest absolute Gasteiger partial charge is 0.243 e. The van der Waals surface area contributed by atoms with Gasteiger partial charge in [0, 0.05) is 44.7 Å². The minimum absolute atomic E-state index is 0.121. The number of nitrogens with one attached hydrogen (secondary N) is 1. The fraction of sp³-hybridized carbons (Fsp3) is 0.280. The zero-order valence-electron chi connectivity index (χ0n) is 18.2. The molecule has 2 heterocycles. The molecule has 4 rings (SSSR count). The lowest BCUT2D eigenvalue weighted by Gasteiger charge is -2.12. The van der Waals surface area contributed by atoms with Crippen molar-refractivity contribution in [1.82, 2.24) is 19.9 Å². The van der Waals surface area contributed by atoms with Gasteiger partial charge in [-0.1, -0.05) is 54.6 Å². The van der Waals surface area contributed by atoms with Gasteiger partial charge in [0.2, 0.25) is 11.8 Å². The van der Waals surface area contributed by atoms with Crippen molar-refractivity contribution in [2.24, 2.45) is 5.10 Å². The van der Waals surface area contributed by atoms with Crippen molar-refractivity contribution in [2.75, 3.05) is 6.54 Å². The number of benzene rings is 2. The summed E-state index contributed by atoms with van der Waals surface area (Å²) in [7, 11) is 0. The molecule has 0 unspecified atom stereocenters. The molecule has 7 nitrogen and oxygen atoms in total. The molecule has 0 atom stereocenters. The third kappa shape index (κ3) is 5.49. The van der Waals surface area contributed by atoms with Gasteiger partial charge in [-0.15, -0.1) is 0 Å². The summed E-state index contributed by atoms with van der Waals surface area (Å²) in [6, 6.07) is 18.0. The Hall–Kier alpha value is -3.74. The van der Waals surface area contributed by atoms with E-state index in [9.17, 15) is 9.59 Å². The molecule has 2 aromatic carbocycles. The molecule has 0 saturated heterocycles. The van der Waals surface area contributed by atoms with Crippen molar-refractivity contribution >= 4 is 17.5 Å². The summed E-state index contributed by atoms with van der Waals surface area (Å²) >= 11 is 0. The predicted molar refractivity (Wildman–Crippen MR) is 123 cm³/mol. The summed E-state index contributed by atoms with van der Waals surface area (Å²) in [5, 5.41) is 8.83. The van der Waals surface area contributed by atoms with Gasteiger partial charge in [0.05, 0.1) is 12.3 Å². The average molecular weight is 430 g/mol. The number of aryl methyl sites for hydroxylation is 1. The third-order valence-corrected chi connectivity index (χ3v) is 5.52. The summed E-state index contributed by atoms with van der Waals surface area (Å²) < 4.78 is 2.08. The highest BCUT2D eigenvalue weighted by Crippen LogP contribution is 2.15. The van der Waals surface area contributed by atoms with Gasteiger partial charge in [0.25, 0.3) is 0 Å². The summed E-state index contributed by atoms with van der Waals surface area (Å²) in [6.07, 6.45) is 4.78. The maximum atomic E-state index is 12.5. The van der Waals surface area contributed by atoms with E-state index in [2.05, 4.69) is 32.1 Å². The SMILES string of the molecule is Cc1nccn1Cc1cccc(CNC(=O)CCC(=O)N2CCC(c3ccccc3)=N2)c1. The number of hydrogen-bond donors (Lipinski definition) is 1. The van der Waals surface area contributed by atoms with Gasteiger partial charge >= 0.3 is 0 Å². The standard InChI is InChI=1S/C25H27N5O2/c1-19-26-13-15-29(19)18-21-7-5-6-20(16-21)17-27-24(31)10-11-25(32)30-14-12-23(28-30)22-8-3-2-4-9-22/h2-9,13,15-16H,10-12,14,17-18H2,1H3,(H,27,31). The van der Waals surface area contributed by atoms with Crippen LogP contribution in [0.25, 0.3) is 0 Å². The van der Waals surface area contributed by atoms with Crippen LogP contribution in [-0.4, -0.2) is 38.6 Å². The molecule has 7 heteroatoms. The number of amides is 2. The van der Waals surface area contributed by atoms with Gasteiger partial charge in [-0.3, -0.25) is 9.59 Å². The molecule has 1 aromatic heterocycles. The van der Waals surface area contributed by atoms with E-state index in [1.54, 1.807) is 6.20 Å². The molecule has 0 fully saturated rings. The highest BCUT2D eigenvalue weighted by atomic mass is 16.2. The first-order valence-electron chi connectivity index (χ1n) is 10.8. The van der Waals surface area contributed by atoms with Crippen molar-refractivity contribution in [3.8, 4) is 0 Å². The largest absolute Gasteiger partial charge is 0.352 e. The van der Waals surface area contributed by atoms with E-state index in [1.807, 2.05) is 55.6 Å². The highest BCUT2D eigenvalue weighted by molar-refractivity contribution is 6.02. The Morgan fingerprint density at radius 2 is 1.84 bits per heavy atom. The lowest BCUT2D eigenvalue weighted by Crippen LogP contribution is -2.27. The predicted octanol–water partition coefficient (Wildman–Crippen LogP) is 3.27. The lowest BCUT2D eigenvalue weighted by atomic mass is 10.1. The second kappa shape index (κ2) is 10.0. The van der Waals surface area contributed by atoms with Crippen LogP contribution < -0.4 is 5.32 Å². The quantitative estimate of drug-likeness (QED) is 0.597. The maximum Gasteiger partial charge on any atom is 0.243 e. The van der Waals surface area contributed by atoms with Crippen LogP contribution in [-0.2, 0) is 22.7 Å². The molecule has 1 aliphatic rings. The summed E-state index contributed by atoms with van der Waals surface area (Å²) in [5.41, 5.74) is 4.12. The van der Waals surface area contributed by atoms with Crippen LogP contribution in [0.3, 0.4) is 0 Å². The normalized spacial score (nSPS) is 13.2. The minimum atomic E-state index is -0.138. The fourth-order valence-corrected chi connectivity index (χ4v) is 3.71. The van der Waals surface area contributed by atoms with E-state index < -0.39 is 0 Å². The first-order valence-corrected chi connectivity index (χ1v) is 10.8. The zero-order chi connectivity index (χ0) is 22.3. The van der Waals surface area contributed by atoms with E-state index in [0.29, 0.717) is 13.1 Å². The first-order chi connectivity index (χ1) is 15.6. The Kier molecular flexibility index (Phi) is 6.75. The van der Waals surface area contributed by atoms with E-state index in [1.165, 1.54) is 5.01 Å². The van der Waals surface area contributed by atoms with E-state index in [4.69, 9.17) is 0 Å². The van der Waals surface area contributed by atoms with Crippen LogP contribution in [0.15, 0.2) is 72.1 Å². The van der Waals surface area contributed by atoms with Gasteiger partial charge in [-0.25, -0.2) is 9.99 Å². The van der Waals surface area contributed by atoms with Crippen molar-refractivity contribution in [3.63, 3.8) is 0 Å². The average Bonchev–Trinajstić information content (AvgIpc) is 3.47. The van der Waals surface area contributed by atoms with Crippen molar-refractivity contribution in [2.45, 2.75) is 39.3 Å². The first kappa shape index (κ1) is 21.5. The van der Waals surface area contributed by atoms with E-state index in [0.717, 1.165) is 41.2 Å². The van der Waals surface area contributed by atoms with Gasteiger partial charge in [-0.2, -0.15) is 5.10 Å². The molecule has 2 amide bonds. The number of hydrogen-bond acceptors (Lipinski definition) is 4. The highest BCUT2D eigenvalue weighted by Gasteiger charge is 2.21. The maximum absolute atomic E-state index is 12.5. The Morgan fingerprint density at radius 1 is 1.03 bits per heavy atom. The number of hydrazone groups is 1. The molecule has 3 aromatic rings. The molecule has 1 aliphatic heterocycles. The Bertz CT molecular complexity index is 1120. The Morgan fingerprint density at radius 3 is 2.62 bits per heavy atom. The van der Waals surface area contributed by atoms with Gasteiger partial charge in [0.15, 0.2) is 0 Å². The van der Waals surface area contributed by atoms with Crippen LogP contribution in [0.2, 0.25) is 0 Å². The molecule has 32 heavy (non-hydrogen) atoms. The van der Waals surface area contributed by atoms with E-state index >= 15 is 0 Å². The lowest BCUT2D eigenvalue weighted by molar-refractivity contribution is -0.133. The molecule has 0 spiro atoms. The number of aromatic nitrogens is 2. The molecule has 0 radical (unpaired) electrons. The summed E-state index contributed by atoms with van der Waals surface area (Å²) in [6.45, 7) is 3.71. The molecular weight excluding hydrogens is 402 g/mol. The second-order valence-electron chi connectivity index (χ2n) is 7.88. The summed E-state index contributed by atoms with van der Waals surface area (Å²) in [4.78, 5) is 29.0. The fourth-order valence-electron chi connectivity index (χ4n) is 3.71. The Balaban J connectivity index is 1.23. The number of imidazole rings is 1. The minimum Gasteiger partial charge on any atom is -0.352 e. The zero-order valence-corrected chi connectivity index (χ0v) is 18.2. The monoisotopic (exact) mass is 429 g/mol. The van der Waals surface area contributed by atoms with Crippen LogP contribution in [0.1, 0.15) is 41.8 Å². The molecule has 0 bridgehead atoms. The molecule has 0 saturated carbocycles. The van der Waals surface area contributed by atoms with Crippen LogP contribution in [0.4, 0.5) is 0 Å². The van der Waals surface area contributed by atoms with Crippen LogP contribution in [0, 0.1) is 6.92 Å². The number of rotatable bonds is 8. The molecule has 0 aliphatic carbocycles. The second-order valence-corrected chi connectivity index (χ2v) is 7.88. The van der Waals surface area contributed by atoms with Crippen molar-refractivity contribution in [1.29, 1.82) is 0 Å². The molecule has 1 N–H and O–H groups in total. The van der Waals surface area contributed by atoms with Gasteiger partial charge in [-0.05, 0) is 23.6 Å². The number of nitrogens with zero attached hydrogens (tertiary/aromatic N) is 4. The number of carbonyl (C=O) groups excluding carboxylic acids is 2. The molecular formula is C25H27N5O2. The van der Waals surface area contributed by atoms with Crippen LogP contribution >= 0.6 is 0 Å². The summed E-state index contributed by atoms with van der Waals surface area (Å²) in [5.74, 6) is 0.705. The third-order valence-electron chi connectivity index (χ3n) is 5.52. The van der Waals surface area contributed by atoms with Gasteiger partial charge in [0.1, 0.15) is 5.82 Å². The van der Waals surface area contributed by atoms with Crippen molar-refractivity contribution < 1.29 is 9.59 Å². The van der Waals surface area contributed by atoms with E-state index in [-0.39, 0.29) is 24.7 Å². The number of carbonyl (C=O) groups is 2. The van der Waals surface area contributed by atoms with Crippen molar-refractivity contribution in [3.05, 3.63) is 89.5 Å².